The molecule has 1 heterocycles. The molecule has 8 heteroatoms. The van der Waals surface area contributed by atoms with Crippen LogP contribution in [0.15, 0.2) is 36.4 Å². The predicted molar refractivity (Wildman–Crippen MR) is 104 cm³/mol. The molecular weight excluding hydrogens is 379 g/mol. The zero-order valence-electron chi connectivity index (χ0n) is 16.4. The van der Waals surface area contributed by atoms with Gasteiger partial charge in [-0.2, -0.15) is 0 Å². The van der Waals surface area contributed by atoms with Crippen LogP contribution in [-0.2, 0) is 11.2 Å². The number of hydrogen-bond donors (Lipinski definition) is 2. The summed E-state index contributed by atoms with van der Waals surface area (Å²) in [7, 11) is 3.08. The van der Waals surface area contributed by atoms with Crippen molar-refractivity contribution >= 4 is 12.0 Å². The van der Waals surface area contributed by atoms with Gasteiger partial charge in [-0.15, -0.1) is 0 Å². The summed E-state index contributed by atoms with van der Waals surface area (Å²) in [5, 5.41) is 11.6. The van der Waals surface area contributed by atoms with Crippen LogP contribution in [0.4, 0.5) is 9.18 Å². The molecule has 0 fully saturated rings. The molecule has 29 heavy (non-hydrogen) atoms. The maximum atomic E-state index is 13.5. The first-order valence-electron chi connectivity index (χ1n) is 9.16. The lowest BCUT2D eigenvalue weighted by Crippen LogP contribution is -2.50. The average Bonchev–Trinajstić information content (AvgIpc) is 2.72. The number of carboxylic acid groups (broad SMARTS) is 1. The van der Waals surface area contributed by atoms with E-state index in [1.165, 1.54) is 26.2 Å². The lowest BCUT2D eigenvalue weighted by molar-refractivity contribution is -0.138. The van der Waals surface area contributed by atoms with Crippen LogP contribution in [0.25, 0.3) is 0 Å². The lowest BCUT2D eigenvalue weighted by Gasteiger charge is -2.38. The van der Waals surface area contributed by atoms with E-state index in [0.717, 1.165) is 11.1 Å². The number of nitrogens with one attached hydrogen (secondary N) is 1. The van der Waals surface area contributed by atoms with Gasteiger partial charge in [-0.25, -0.2) is 9.18 Å². The number of amides is 2. The molecular formula is C21H23FN2O5. The lowest BCUT2D eigenvalue weighted by atomic mass is 9.88. The monoisotopic (exact) mass is 402 g/mol. The fraction of sp³-hybridized carbons (Fsp3) is 0.333. The number of methoxy groups -OCH3 is 2. The van der Waals surface area contributed by atoms with E-state index in [-0.39, 0.29) is 5.82 Å². The molecule has 1 aliphatic heterocycles. The van der Waals surface area contributed by atoms with Crippen molar-refractivity contribution in [2.45, 2.75) is 25.4 Å². The third kappa shape index (κ3) is 4.11. The zero-order valence-corrected chi connectivity index (χ0v) is 16.4. The third-order valence-electron chi connectivity index (χ3n) is 5.03. The average molecular weight is 402 g/mol. The Kier molecular flexibility index (Phi) is 5.91. The molecule has 1 unspecified atom stereocenters. The minimum absolute atomic E-state index is 0.364. The Labute approximate surface area is 168 Å². The molecule has 0 aromatic heterocycles. The highest BCUT2D eigenvalue weighted by Crippen LogP contribution is 2.41. The van der Waals surface area contributed by atoms with Crippen LogP contribution in [0.5, 0.6) is 11.5 Å². The summed E-state index contributed by atoms with van der Waals surface area (Å²) in [6.07, 6.45) is 0.558. The van der Waals surface area contributed by atoms with Crippen LogP contribution in [-0.4, -0.2) is 48.8 Å². The van der Waals surface area contributed by atoms with E-state index >= 15 is 0 Å². The van der Waals surface area contributed by atoms with Crippen molar-refractivity contribution in [2.24, 2.45) is 0 Å². The minimum atomic E-state index is -1.12. The van der Waals surface area contributed by atoms with Gasteiger partial charge in [0.05, 0.1) is 20.3 Å². The Morgan fingerprint density at radius 1 is 1.17 bits per heavy atom. The molecule has 0 radical (unpaired) electrons. The molecule has 0 spiro atoms. The number of fused-ring (bicyclic) bond motifs is 1. The van der Waals surface area contributed by atoms with Crippen molar-refractivity contribution in [3.8, 4) is 11.5 Å². The number of rotatable bonds is 5. The van der Waals surface area contributed by atoms with Gasteiger partial charge in [0.2, 0.25) is 0 Å². The van der Waals surface area contributed by atoms with Gasteiger partial charge in [-0.3, -0.25) is 4.79 Å². The molecule has 2 aromatic rings. The number of hydrogen-bond acceptors (Lipinski definition) is 4. The normalized spacial score (nSPS) is 16.6. The zero-order chi connectivity index (χ0) is 21.1. The Morgan fingerprint density at radius 3 is 2.38 bits per heavy atom. The number of ether oxygens (including phenoxy) is 2. The van der Waals surface area contributed by atoms with Crippen LogP contribution in [0.3, 0.4) is 0 Å². The maximum Gasteiger partial charge on any atom is 0.325 e. The van der Waals surface area contributed by atoms with Gasteiger partial charge >= 0.3 is 12.0 Å². The smallest absolute Gasteiger partial charge is 0.325 e. The number of carboxylic acids is 1. The summed E-state index contributed by atoms with van der Waals surface area (Å²) in [6, 6.07) is 7.51. The van der Waals surface area contributed by atoms with Gasteiger partial charge in [0, 0.05) is 6.54 Å². The Balaban J connectivity index is 2.08. The number of aliphatic carboxylic acids is 1. The van der Waals surface area contributed by atoms with Crippen molar-refractivity contribution in [1.29, 1.82) is 0 Å². The van der Waals surface area contributed by atoms with Crippen LogP contribution in [0.1, 0.15) is 29.7 Å². The minimum Gasteiger partial charge on any atom is -0.493 e. The molecule has 1 aliphatic rings. The van der Waals surface area contributed by atoms with Gasteiger partial charge in [-0.05, 0) is 54.3 Å². The van der Waals surface area contributed by atoms with E-state index in [4.69, 9.17) is 14.6 Å². The van der Waals surface area contributed by atoms with E-state index in [1.807, 2.05) is 12.1 Å². The summed E-state index contributed by atoms with van der Waals surface area (Å²) in [5.74, 6) is -0.408. The largest absolute Gasteiger partial charge is 0.493 e. The van der Waals surface area contributed by atoms with Crippen molar-refractivity contribution in [3.63, 3.8) is 0 Å². The number of urea groups is 1. The highest BCUT2D eigenvalue weighted by Gasteiger charge is 2.34. The van der Waals surface area contributed by atoms with Crippen LogP contribution >= 0.6 is 0 Å². The molecule has 0 saturated carbocycles. The number of nitrogens with zero attached hydrogens (tertiary/aromatic N) is 1. The van der Waals surface area contributed by atoms with Gasteiger partial charge in [0.25, 0.3) is 0 Å². The predicted octanol–water partition coefficient (Wildman–Crippen LogP) is 2.97. The number of halogens is 1. The summed E-state index contributed by atoms with van der Waals surface area (Å²) in [4.78, 5) is 25.6. The van der Waals surface area contributed by atoms with Crippen LogP contribution < -0.4 is 14.8 Å². The van der Waals surface area contributed by atoms with Crippen molar-refractivity contribution in [3.05, 3.63) is 58.9 Å². The highest BCUT2D eigenvalue weighted by molar-refractivity contribution is 5.83. The summed E-state index contributed by atoms with van der Waals surface area (Å²) in [6.45, 7) is 1.77. The van der Waals surface area contributed by atoms with E-state index < -0.39 is 24.1 Å². The topological polar surface area (TPSA) is 88.1 Å². The molecule has 0 saturated heterocycles. The Hall–Kier alpha value is -3.29. The second-order valence-electron chi connectivity index (χ2n) is 6.81. The summed E-state index contributed by atoms with van der Waals surface area (Å²) >= 11 is 0. The van der Waals surface area contributed by atoms with Gasteiger partial charge in [0.1, 0.15) is 11.9 Å². The second-order valence-corrected chi connectivity index (χ2v) is 6.81. The van der Waals surface area contributed by atoms with Gasteiger partial charge in [-0.1, -0.05) is 12.1 Å². The third-order valence-corrected chi connectivity index (χ3v) is 5.03. The Bertz CT molecular complexity index is 916. The molecule has 2 amide bonds. The quantitative estimate of drug-likeness (QED) is 0.803. The molecule has 0 bridgehead atoms. The first-order valence-corrected chi connectivity index (χ1v) is 9.16. The molecule has 2 atom stereocenters. The molecule has 7 nitrogen and oxygen atoms in total. The van der Waals surface area contributed by atoms with E-state index in [1.54, 1.807) is 24.1 Å². The van der Waals surface area contributed by atoms with E-state index in [9.17, 15) is 14.0 Å². The fourth-order valence-corrected chi connectivity index (χ4v) is 3.50. The molecule has 154 valence electrons. The van der Waals surface area contributed by atoms with Crippen molar-refractivity contribution < 1.29 is 28.6 Å². The summed E-state index contributed by atoms with van der Waals surface area (Å²) < 4.78 is 24.3. The highest BCUT2D eigenvalue weighted by atomic mass is 19.1. The molecule has 0 aliphatic carbocycles. The van der Waals surface area contributed by atoms with Gasteiger partial charge < -0.3 is 24.8 Å². The molecule has 2 N–H and O–H groups in total. The van der Waals surface area contributed by atoms with Crippen molar-refractivity contribution in [2.75, 3.05) is 20.8 Å². The number of benzene rings is 2. The number of carbonyl (C=O) groups is 2. The molecule has 2 aromatic carbocycles. The second kappa shape index (κ2) is 8.38. The van der Waals surface area contributed by atoms with Crippen LogP contribution in [0.2, 0.25) is 0 Å². The standard InChI is InChI=1S/C21H23FN2O5/c1-12(20(25)26)23-21(27)24-9-8-14-10-17(28-2)18(29-3)11-16(14)19(24)13-4-6-15(22)7-5-13/h4-7,10-12,19H,8-9H2,1-3H3,(H,23,27)(H,25,26)/t12-,19?/m1/s1. The molecule has 3 rings (SSSR count). The SMILES string of the molecule is COc1cc2c(cc1OC)C(c1ccc(F)cc1)N(C(=O)N[C@H](C)C(=O)O)CC2. The summed E-state index contributed by atoms with van der Waals surface area (Å²) in [5.41, 5.74) is 2.50. The van der Waals surface area contributed by atoms with Crippen LogP contribution in [0, 0.1) is 5.82 Å². The fourth-order valence-electron chi connectivity index (χ4n) is 3.50. The van der Waals surface area contributed by atoms with E-state index in [0.29, 0.717) is 30.0 Å². The first-order chi connectivity index (χ1) is 13.8. The Morgan fingerprint density at radius 2 is 1.79 bits per heavy atom. The number of carbonyl (C=O) groups excluding carboxylic acids is 1. The maximum absolute atomic E-state index is 13.5. The van der Waals surface area contributed by atoms with Gasteiger partial charge in [0.15, 0.2) is 11.5 Å². The first kappa shape index (κ1) is 20.4. The van der Waals surface area contributed by atoms with E-state index in [2.05, 4.69) is 5.32 Å². The van der Waals surface area contributed by atoms with Crippen molar-refractivity contribution in [1.82, 2.24) is 10.2 Å².